The van der Waals surface area contributed by atoms with Gasteiger partial charge in [-0.25, -0.2) is 4.79 Å². The maximum Gasteiger partial charge on any atom is 0.317 e. The number of nitrogens with one attached hydrogen (secondary N) is 1. The van der Waals surface area contributed by atoms with Crippen molar-refractivity contribution in [2.75, 3.05) is 7.05 Å². The zero-order valence-corrected chi connectivity index (χ0v) is 13.1. The number of carbonyl (C=O) groups is 2. The zero-order chi connectivity index (χ0) is 15.3. The molecule has 1 aliphatic carbocycles. The summed E-state index contributed by atoms with van der Waals surface area (Å²) in [6, 6.07) is 0.100. The highest BCUT2D eigenvalue weighted by atomic mass is 16.4. The molecule has 0 aromatic rings. The van der Waals surface area contributed by atoms with Gasteiger partial charge in [0.1, 0.15) is 0 Å². The van der Waals surface area contributed by atoms with Gasteiger partial charge in [-0.2, -0.15) is 0 Å². The Bertz CT molecular complexity index is 345. The first-order valence-electron chi connectivity index (χ1n) is 7.46. The number of urea groups is 1. The number of rotatable bonds is 5. The molecule has 0 aliphatic heterocycles. The molecule has 0 spiro atoms. The molecule has 0 bridgehead atoms. The first-order valence-corrected chi connectivity index (χ1v) is 7.46. The molecule has 0 aromatic carbocycles. The fourth-order valence-electron chi connectivity index (χ4n) is 2.66. The van der Waals surface area contributed by atoms with Crippen molar-refractivity contribution in [3.05, 3.63) is 0 Å². The van der Waals surface area contributed by atoms with Crippen LogP contribution in [0, 0.1) is 5.41 Å². The molecule has 2 N–H and O–H groups in total. The van der Waals surface area contributed by atoms with E-state index in [1.165, 1.54) is 0 Å². The standard InChI is InChI=1S/C15H28N2O3/c1-11(5-6-13(18)19)16-14(20)17(4)12-7-9-15(2,3)10-8-12/h11-12H,5-10H2,1-4H3,(H,16,20)(H,18,19). The highest BCUT2D eigenvalue weighted by molar-refractivity contribution is 5.74. The predicted octanol–water partition coefficient (Wildman–Crippen LogP) is 2.85. The molecule has 5 nitrogen and oxygen atoms in total. The summed E-state index contributed by atoms with van der Waals surface area (Å²) in [5.74, 6) is -0.825. The lowest BCUT2D eigenvalue weighted by atomic mass is 9.75. The van der Waals surface area contributed by atoms with Crippen molar-refractivity contribution in [3.8, 4) is 0 Å². The maximum atomic E-state index is 12.1. The van der Waals surface area contributed by atoms with Gasteiger partial charge in [0.15, 0.2) is 0 Å². The minimum Gasteiger partial charge on any atom is -0.481 e. The maximum absolute atomic E-state index is 12.1. The van der Waals surface area contributed by atoms with Crippen molar-refractivity contribution in [1.82, 2.24) is 10.2 Å². The summed E-state index contributed by atoms with van der Waals surface area (Å²) in [4.78, 5) is 24.4. The Morgan fingerprint density at radius 1 is 1.35 bits per heavy atom. The summed E-state index contributed by atoms with van der Waals surface area (Å²) < 4.78 is 0. The first kappa shape index (κ1) is 16.8. The van der Waals surface area contributed by atoms with Crippen molar-refractivity contribution in [3.63, 3.8) is 0 Å². The lowest BCUT2D eigenvalue weighted by molar-refractivity contribution is -0.137. The van der Waals surface area contributed by atoms with Gasteiger partial charge >= 0.3 is 12.0 Å². The molecular weight excluding hydrogens is 256 g/mol. The second-order valence-electron chi connectivity index (χ2n) is 6.79. The van der Waals surface area contributed by atoms with E-state index in [0.717, 1.165) is 25.7 Å². The second-order valence-corrected chi connectivity index (χ2v) is 6.79. The molecule has 1 unspecified atom stereocenters. The monoisotopic (exact) mass is 284 g/mol. The molecule has 1 atom stereocenters. The Kier molecular flexibility index (Phi) is 5.84. The molecule has 20 heavy (non-hydrogen) atoms. The van der Waals surface area contributed by atoms with Crippen LogP contribution in [0.15, 0.2) is 0 Å². The fourth-order valence-corrected chi connectivity index (χ4v) is 2.66. The highest BCUT2D eigenvalue weighted by Gasteiger charge is 2.30. The van der Waals surface area contributed by atoms with Gasteiger partial charge < -0.3 is 15.3 Å². The van der Waals surface area contributed by atoms with Crippen LogP contribution in [0.3, 0.4) is 0 Å². The van der Waals surface area contributed by atoms with E-state index in [-0.39, 0.29) is 18.5 Å². The SMILES string of the molecule is CC(CCC(=O)O)NC(=O)N(C)C1CCC(C)(C)CC1. The molecule has 1 rings (SSSR count). The Labute approximate surface area is 121 Å². The van der Waals surface area contributed by atoms with Crippen molar-refractivity contribution < 1.29 is 14.7 Å². The van der Waals surface area contributed by atoms with Crippen LogP contribution in [-0.2, 0) is 4.79 Å². The van der Waals surface area contributed by atoms with Crippen LogP contribution in [0.1, 0.15) is 59.3 Å². The third-order valence-corrected chi connectivity index (χ3v) is 4.34. The number of amides is 2. The fraction of sp³-hybridized carbons (Fsp3) is 0.867. The zero-order valence-electron chi connectivity index (χ0n) is 13.1. The number of nitrogens with zero attached hydrogens (tertiary/aromatic N) is 1. The number of aliphatic carboxylic acids is 1. The van der Waals surface area contributed by atoms with Crippen LogP contribution in [-0.4, -0.2) is 41.1 Å². The molecule has 1 aliphatic rings. The van der Waals surface area contributed by atoms with Gasteiger partial charge in [0.2, 0.25) is 0 Å². The van der Waals surface area contributed by atoms with Crippen LogP contribution < -0.4 is 5.32 Å². The summed E-state index contributed by atoms with van der Waals surface area (Å²) in [5, 5.41) is 11.5. The second kappa shape index (κ2) is 6.95. The topological polar surface area (TPSA) is 69.6 Å². The number of carboxylic acids is 1. The molecule has 0 radical (unpaired) electrons. The van der Waals surface area contributed by atoms with Gasteiger partial charge in [0, 0.05) is 25.6 Å². The Morgan fingerprint density at radius 3 is 2.40 bits per heavy atom. The Balaban J connectivity index is 2.37. The van der Waals surface area contributed by atoms with E-state index in [0.29, 0.717) is 17.9 Å². The Morgan fingerprint density at radius 2 is 1.90 bits per heavy atom. The van der Waals surface area contributed by atoms with Crippen LogP contribution >= 0.6 is 0 Å². The Hall–Kier alpha value is -1.26. The summed E-state index contributed by atoms with van der Waals surface area (Å²) in [6.45, 7) is 6.40. The average molecular weight is 284 g/mol. The van der Waals surface area contributed by atoms with Crippen LogP contribution in [0.5, 0.6) is 0 Å². The molecular formula is C15H28N2O3. The van der Waals surface area contributed by atoms with Crippen molar-refractivity contribution in [1.29, 1.82) is 0 Å². The van der Waals surface area contributed by atoms with Crippen LogP contribution in [0.4, 0.5) is 4.79 Å². The van der Waals surface area contributed by atoms with E-state index in [9.17, 15) is 9.59 Å². The average Bonchev–Trinajstić information content (AvgIpc) is 2.35. The summed E-state index contributed by atoms with van der Waals surface area (Å²) >= 11 is 0. The van der Waals surface area contributed by atoms with Gasteiger partial charge in [0.05, 0.1) is 0 Å². The lowest BCUT2D eigenvalue weighted by Gasteiger charge is -2.38. The smallest absolute Gasteiger partial charge is 0.317 e. The van der Waals surface area contributed by atoms with E-state index in [2.05, 4.69) is 19.2 Å². The number of hydrogen-bond donors (Lipinski definition) is 2. The molecule has 5 heteroatoms. The minimum absolute atomic E-state index is 0.0861. The van der Waals surface area contributed by atoms with Crippen LogP contribution in [0.25, 0.3) is 0 Å². The summed E-state index contributed by atoms with van der Waals surface area (Å²) in [5.41, 5.74) is 0.391. The number of hydrogen-bond acceptors (Lipinski definition) is 2. The molecule has 1 fully saturated rings. The first-order chi connectivity index (χ1) is 9.21. The van der Waals surface area contributed by atoms with Crippen LogP contribution in [0.2, 0.25) is 0 Å². The number of carboxylic acid groups (broad SMARTS) is 1. The van der Waals surface area contributed by atoms with Crippen molar-refractivity contribution >= 4 is 12.0 Å². The molecule has 0 heterocycles. The molecule has 1 saturated carbocycles. The minimum atomic E-state index is -0.825. The normalized spacial score (nSPS) is 20.2. The molecule has 0 aromatic heterocycles. The molecule has 2 amide bonds. The number of carbonyl (C=O) groups excluding carboxylic acids is 1. The third kappa shape index (κ3) is 5.39. The summed E-state index contributed by atoms with van der Waals surface area (Å²) in [7, 11) is 1.84. The van der Waals surface area contributed by atoms with E-state index in [1.807, 2.05) is 14.0 Å². The predicted molar refractivity (Wildman–Crippen MR) is 78.7 cm³/mol. The van der Waals surface area contributed by atoms with Gasteiger partial charge in [-0.3, -0.25) is 4.79 Å². The lowest BCUT2D eigenvalue weighted by Crippen LogP contribution is -2.48. The molecule has 116 valence electrons. The van der Waals surface area contributed by atoms with E-state index in [1.54, 1.807) is 4.90 Å². The van der Waals surface area contributed by atoms with Crippen molar-refractivity contribution in [2.45, 2.75) is 71.4 Å². The van der Waals surface area contributed by atoms with E-state index in [4.69, 9.17) is 5.11 Å². The van der Waals surface area contributed by atoms with E-state index >= 15 is 0 Å². The third-order valence-electron chi connectivity index (χ3n) is 4.34. The van der Waals surface area contributed by atoms with Crippen molar-refractivity contribution in [2.24, 2.45) is 5.41 Å². The van der Waals surface area contributed by atoms with Gasteiger partial charge in [-0.05, 0) is 44.4 Å². The highest BCUT2D eigenvalue weighted by Crippen LogP contribution is 2.36. The van der Waals surface area contributed by atoms with Gasteiger partial charge in [-0.15, -0.1) is 0 Å². The van der Waals surface area contributed by atoms with Gasteiger partial charge in [0.25, 0.3) is 0 Å². The molecule has 0 saturated heterocycles. The summed E-state index contributed by atoms with van der Waals surface area (Å²) in [6.07, 6.45) is 4.92. The largest absolute Gasteiger partial charge is 0.481 e. The van der Waals surface area contributed by atoms with Gasteiger partial charge in [-0.1, -0.05) is 13.8 Å². The quantitative estimate of drug-likeness (QED) is 0.815. The van der Waals surface area contributed by atoms with E-state index < -0.39 is 5.97 Å².